The van der Waals surface area contributed by atoms with Gasteiger partial charge in [-0.2, -0.15) is 0 Å². The Kier molecular flexibility index (Phi) is 9.56. The van der Waals surface area contributed by atoms with Gasteiger partial charge in [0, 0.05) is 35.1 Å². The number of ether oxygens (including phenoxy) is 2. The summed E-state index contributed by atoms with van der Waals surface area (Å²) in [6.45, 7) is 4.97. The van der Waals surface area contributed by atoms with E-state index in [0.717, 1.165) is 45.9 Å². The molecule has 1 aliphatic heterocycles. The largest absolute Gasteiger partial charge is 0.494 e. The molecule has 0 saturated carbocycles. The third-order valence-corrected chi connectivity index (χ3v) is 9.00. The molecule has 9 heteroatoms. The number of carboxylic acid groups (broad SMARTS) is 1. The van der Waals surface area contributed by atoms with E-state index in [9.17, 15) is 13.2 Å². The number of pyridine rings is 1. The molecule has 0 fully saturated rings. The van der Waals surface area contributed by atoms with Crippen LogP contribution in [0.4, 0.5) is 0 Å². The average molecular weight is 570 g/mol. The number of rotatable bonds is 13. The number of hydrogen-bond acceptors (Lipinski definition) is 7. The Labute approximate surface area is 234 Å². The smallest absolute Gasteiger partial charge is 0.303 e. The lowest BCUT2D eigenvalue weighted by atomic mass is 9.90. The van der Waals surface area contributed by atoms with Crippen molar-refractivity contribution in [1.82, 2.24) is 4.98 Å². The normalized spacial score (nSPS) is 14.7. The molecule has 208 valence electrons. The van der Waals surface area contributed by atoms with Crippen molar-refractivity contribution in [3.8, 4) is 22.8 Å². The van der Waals surface area contributed by atoms with Gasteiger partial charge >= 0.3 is 5.97 Å². The summed E-state index contributed by atoms with van der Waals surface area (Å²) in [6, 6.07) is 14.3. The lowest BCUT2D eigenvalue weighted by Gasteiger charge is -2.17. The van der Waals surface area contributed by atoms with Crippen LogP contribution in [-0.4, -0.2) is 48.8 Å². The topological polar surface area (TPSA) is 103 Å². The molecule has 0 spiro atoms. The number of carbonyl (C=O) groups is 1. The summed E-state index contributed by atoms with van der Waals surface area (Å²) in [4.78, 5) is 16.6. The molecule has 0 unspecified atom stereocenters. The molecule has 1 N–H and O–H groups in total. The first kappa shape index (κ1) is 29.0. The van der Waals surface area contributed by atoms with Crippen LogP contribution in [0.15, 0.2) is 53.6 Å². The molecule has 3 aromatic rings. The first-order chi connectivity index (χ1) is 18.7. The number of benzene rings is 2. The zero-order valence-corrected chi connectivity index (χ0v) is 24.2. The van der Waals surface area contributed by atoms with E-state index < -0.39 is 15.8 Å². The third kappa shape index (κ3) is 7.76. The highest BCUT2D eigenvalue weighted by molar-refractivity contribution is 7.99. The quantitative estimate of drug-likeness (QED) is 0.253. The van der Waals surface area contributed by atoms with Gasteiger partial charge in [-0.15, -0.1) is 11.8 Å². The lowest BCUT2D eigenvalue weighted by molar-refractivity contribution is -0.137. The van der Waals surface area contributed by atoms with Crippen LogP contribution < -0.4 is 9.47 Å². The first-order valence-electron chi connectivity index (χ1n) is 13.2. The SMILES string of the molecule is CCc1cc(OCCCS(C)(=O)=O)cc(CC)c1-c1cccc(COc2cc3c(cn2)[C@H](CC(=O)O)CS3)c1. The van der Waals surface area contributed by atoms with E-state index in [4.69, 9.17) is 14.6 Å². The predicted octanol–water partition coefficient (Wildman–Crippen LogP) is 5.93. The van der Waals surface area contributed by atoms with E-state index in [-0.39, 0.29) is 18.1 Å². The number of aryl methyl sites for hydroxylation is 2. The van der Waals surface area contributed by atoms with Crippen molar-refractivity contribution in [2.24, 2.45) is 0 Å². The summed E-state index contributed by atoms with van der Waals surface area (Å²) in [7, 11) is -3.00. The molecule has 0 bridgehead atoms. The zero-order chi connectivity index (χ0) is 28.0. The fourth-order valence-corrected chi connectivity index (χ4v) is 6.72. The van der Waals surface area contributed by atoms with Gasteiger partial charge in [-0.3, -0.25) is 4.79 Å². The van der Waals surface area contributed by atoms with E-state index in [1.54, 1.807) is 18.0 Å². The maximum absolute atomic E-state index is 11.4. The molecule has 1 atom stereocenters. The number of thioether (sulfide) groups is 1. The van der Waals surface area contributed by atoms with Gasteiger partial charge in [-0.1, -0.05) is 32.0 Å². The Bertz CT molecular complexity index is 1410. The highest BCUT2D eigenvalue weighted by Crippen LogP contribution is 2.42. The highest BCUT2D eigenvalue weighted by Gasteiger charge is 2.26. The first-order valence-corrected chi connectivity index (χ1v) is 16.2. The number of aromatic nitrogens is 1. The molecule has 1 aliphatic rings. The molecule has 39 heavy (non-hydrogen) atoms. The summed E-state index contributed by atoms with van der Waals surface area (Å²) in [5, 5.41) is 9.14. The van der Waals surface area contributed by atoms with Gasteiger partial charge in [0.25, 0.3) is 0 Å². The molecule has 4 rings (SSSR count). The minimum Gasteiger partial charge on any atom is -0.494 e. The molecule has 1 aromatic heterocycles. The molecular weight excluding hydrogens is 534 g/mol. The van der Waals surface area contributed by atoms with Crippen LogP contribution in [-0.2, 0) is 34.1 Å². The average Bonchev–Trinajstić information content (AvgIpc) is 3.30. The van der Waals surface area contributed by atoms with Gasteiger partial charge in [0.15, 0.2) is 0 Å². The predicted molar refractivity (Wildman–Crippen MR) is 155 cm³/mol. The Hall–Kier alpha value is -3.04. The van der Waals surface area contributed by atoms with Crippen molar-refractivity contribution >= 4 is 27.6 Å². The fraction of sp³-hybridized carbons (Fsp3) is 0.400. The fourth-order valence-electron chi connectivity index (χ4n) is 4.83. The zero-order valence-electron chi connectivity index (χ0n) is 22.6. The van der Waals surface area contributed by atoms with Gasteiger partial charge in [-0.05, 0) is 70.8 Å². The van der Waals surface area contributed by atoms with E-state index in [1.807, 2.05) is 18.2 Å². The summed E-state index contributed by atoms with van der Waals surface area (Å²) < 4.78 is 34.8. The number of sulfone groups is 1. The summed E-state index contributed by atoms with van der Waals surface area (Å²) >= 11 is 1.65. The summed E-state index contributed by atoms with van der Waals surface area (Å²) in [5.41, 5.74) is 6.68. The van der Waals surface area contributed by atoms with Crippen molar-refractivity contribution in [3.63, 3.8) is 0 Å². The maximum atomic E-state index is 11.4. The van der Waals surface area contributed by atoms with Gasteiger partial charge in [0.2, 0.25) is 5.88 Å². The lowest BCUT2D eigenvalue weighted by Crippen LogP contribution is -2.08. The van der Waals surface area contributed by atoms with E-state index >= 15 is 0 Å². The van der Waals surface area contributed by atoms with Crippen molar-refractivity contribution in [2.45, 2.75) is 57.0 Å². The summed E-state index contributed by atoms with van der Waals surface area (Å²) in [6.07, 6.45) is 5.25. The number of hydrogen-bond donors (Lipinski definition) is 1. The minimum atomic E-state index is -3.00. The van der Waals surface area contributed by atoms with Crippen LogP contribution in [0.5, 0.6) is 11.6 Å². The van der Waals surface area contributed by atoms with Crippen LogP contribution in [0.25, 0.3) is 11.1 Å². The third-order valence-electron chi connectivity index (χ3n) is 6.74. The van der Waals surface area contributed by atoms with Crippen LogP contribution in [0, 0.1) is 0 Å². The monoisotopic (exact) mass is 569 g/mol. The number of carboxylic acids is 1. The Morgan fingerprint density at radius 1 is 1.10 bits per heavy atom. The van der Waals surface area contributed by atoms with Crippen LogP contribution in [0.1, 0.15) is 54.9 Å². The Morgan fingerprint density at radius 3 is 2.51 bits per heavy atom. The number of fused-ring (bicyclic) bond motifs is 1. The highest BCUT2D eigenvalue weighted by atomic mass is 32.2. The van der Waals surface area contributed by atoms with E-state index in [0.29, 0.717) is 25.5 Å². The second-order valence-electron chi connectivity index (χ2n) is 9.81. The summed E-state index contributed by atoms with van der Waals surface area (Å²) in [5.74, 6) is 1.36. The molecule has 7 nitrogen and oxygen atoms in total. The molecule has 2 aromatic carbocycles. The van der Waals surface area contributed by atoms with Gasteiger partial charge in [-0.25, -0.2) is 13.4 Å². The second-order valence-corrected chi connectivity index (χ2v) is 13.1. The number of nitrogens with zero attached hydrogens (tertiary/aromatic N) is 1. The second kappa shape index (κ2) is 12.9. The van der Waals surface area contributed by atoms with Crippen LogP contribution >= 0.6 is 11.8 Å². The van der Waals surface area contributed by atoms with Gasteiger partial charge < -0.3 is 14.6 Å². The maximum Gasteiger partial charge on any atom is 0.303 e. The van der Waals surface area contributed by atoms with Gasteiger partial charge in [0.05, 0.1) is 18.8 Å². The molecule has 0 amide bonds. The molecule has 0 radical (unpaired) electrons. The van der Waals surface area contributed by atoms with Crippen molar-refractivity contribution in [1.29, 1.82) is 0 Å². The van der Waals surface area contributed by atoms with Crippen molar-refractivity contribution in [3.05, 3.63) is 70.9 Å². The minimum absolute atomic E-state index is 0.00877. The Balaban J connectivity index is 1.48. The van der Waals surface area contributed by atoms with Crippen LogP contribution in [0.3, 0.4) is 0 Å². The van der Waals surface area contributed by atoms with Crippen LogP contribution in [0.2, 0.25) is 0 Å². The molecule has 2 heterocycles. The number of aliphatic carboxylic acids is 1. The molecule has 0 aliphatic carbocycles. The van der Waals surface area contributed by atoms with Crippen molar-refractivity contribution in [2.75, 3.05) is 24.4 Å². The van der Waals surface area contributed by atoms with E-state index in [2.05, 4.69) is 43.1 Å². The van der Waals surface area contributed by atoms with E-state index in [1.165, 1.54) is 22.9 Å². The van der Waals surface area contributed by atoms with Crippen molar-refractivity contribution < 1.29 is 27.8 Å². The molecular formula is C30H35NO6S2. The van der Waals surface area contributed by atoms with Gasteiger partial charge in [0.1, 0.15) is 22.2 Å². The Morgan fingerprint density at radius 2 is 1.85 bits per heavy atom. The molecule has 0 saturated heterocycles. The standard InChI is InChI=1S/C30H35NO6S2/c1-4-21-13-25(36-10-7-11-39(3,34)35)14-22(5-2)30(21)23-9-6-8-20(12-23)18-37-28-16-27-26(17-31-28)24(19-38-27)15-29(32)33/h6,8-9,12-14,16-17,24H,4-5,7,10-11,15,18-19H2,1-3H3,(H,32,33)/t24-/m1/s1.